The Labute approximate surface area is 126 Å². The van der Waals surface area contributed by atoms with Crippen molar-refractivity contribution < 1.29 is 32.9 Å². The van der Waals surface area contributed by atoms with Gasteiger partial charge in [0.2, 0.25) is 6.17 Å². The molecule has 1 aliphatic heterocycles. The molecule has 8 nitrogen and oxygen atoms in total. The van der Waals surface area contributed by atoms with Gasteiger partial charge in [0, 0.05) is 17.8 Å². The highest BCUT2D eigenvalue weighted by Gasteiger charge is 2.60. The van der Waals surface area contributed by atoms with E-state index in [4.69, 9.17) is 20.7 Å². The number of alkyl halides is 3. The number of aliphatic hydroxyl groups excluding tert-OH is 1. The van der Waals surface area contributed by atoms with Gasteiger partial charge in [-0.1, -0.05) is 0 Å². The fourth-order valence-corrected chi connectivity index (χ4v) is 2.04. The number of halogens is 3. The van der Waals surface area contributed by atoms with E-state index in [0.29, 0.717) is 10.6 Å². The van der Waals surface area contributed by atoms with Crippen molar-refractivity contribution in [2.45, 2.75) is 24.4 Å². The van der Waals surface area contributed by atoms with E-state index in [-0.39, 0.29) is 11.4 Å². The number of nitrogens with zero attached hydrogens (tertiary/aromatic N) is 2. The molecule has 4 N–H and O–H groups in total. The van der Waals surface area contributed by atoms with E-state index in [0.717, 1.165) is 12.3 Å². The Balaban J connectivity index is 2.46. The number of rotatable bonds is 4. The molecule has 3 atom stereocenters. The molecule has 0 saturated carbocycles. The molecule has 3 unspecified atom stereocenters. The van der Waals surface area contributed by atoms with Crippen LogP contribution in [0.15, 0.2) is 17.1 Å². The lowest BCUT2D eigenvalue weighted by molar-refractivity contribution is -0.131. The van der Waals surface area contributed by atoms with Gasteiger partial charge in [0.05, 0.1) is 6.61 Å². The molecule has 1 saturated heterocycles. The summed E-state index contributed by atoms with van der Waals surface area (Å²) in [6, 6.07) is 0. The number of nitrogen functional groups attached to an aromatic ring is 1. The summed E-state index contributed by atoms with van der Waals surface area (Å²) in [4.78, 5) is 25.5. The first-order valence-electron chi connectivity index (χ1n) is 6.26. The first-order valence-corrected chi connectivity index (χ1v) is 6.26. The van der Waals surface area contributed by atoms with Crippen LogP contribution in [0.2, 0.25) is 0 Å². The lowest BCUT2D eigenvalue weighted by atomic mass is 10.1. The van der Waals surface area contributed by atoms with Crippen LogP contribution in [-0.2, 0) is 9.53 Å². The summed E-state index contributed by atoms with van der Waals surface area (Å²) in [5.41, 5.74) is 4.17. The second-order valence-electron chi connectivity index (χ2n) is 4.72. The minimum Gasteiger partial charge on any atom is -0.478 e. The molecule has 0 radical (unpaired) electrons. The third kappa shape index (κ3) is 3.05. The van der Waals surface area contributed by atoms with E-state index < -0.39 is 42.7 Å². The third-order valence-electron chi connectivity index (χ3n) is 3.21. The number of ether oxygens (including phenoxy) is 1. The third-order valence-corrected chi connectivity index (χ3v) is 3.21. The molecule has 0 spiro atoms. The normalized spacial score (nSPS) is 26.7. The second-order valence-corrected chi connectivity index (χ2v) is 4.72. The van der Waals surface area contributed by atoms with Crippen LogP contribution in [0.5, 0.6) is 0 Å². The summed E-state index contributed by atoms with van der Waals surface area (Å²) >= 11 is 0. The van der Waals surface area contributed by atoms with Gasteiger partial charge in [0.1, 0.15) is 11.9 Å². The average molecular weight is 335 g/mol. The molecule has 0 aliphatic carbocycles. The van der Waals surface area contributed by atoms with Gasteiger partial charge in [-0.15, -0.1) is 0 Å². The molecule has 126 valence electrons. The Morgan fingerprint density at radius 1 is 1.57 bits per heavy atom. The highest BCUT2D eigenvalue weighted by Crippen LogP contribution is 2.42. The van der Waals surface area contributed by atoms with E-state index in [1.54, 1.807) is 0 Å². The number of aliphatic carboxylic acids is 1. The van der Waals surface area contributed by atoms with E-state index in [1.807, 2.05) is 0 Å². The molecule has 1 aliphatic rings. The van der Waals surface area contributed by atoms with Gasteiger partial charge in [-0.3, -0.25) is 4.57 Å². The predicted molar refractivity (Wildman–Crippen MR) is 70.4 cm³/mol. The molecule has 2 rings (SSSR count). The van der Waals surface area contributed by atoms with Crippen LogP contribution >= 0.6 is 0 Å². The van der Waals surface area contributed by atoms with Crippen LogP contribution in [0, 0.1) is 0 Å². The first-order chi connectivity index (χ1) is 10.7. The second kappa shape index (κ2) is 6.01. The van der Waals surface area contributed by atoms with Crippen molar-refractivity contribution in [3.05, 3.63) is 28.3 Å². The van der Waals surface area contributed by atoms with Gasteiger partial charge < -0.3 is 20.7 Å². The maximum atomic E-state index is 13.9. The van der Waals surface area contributed by atoms with Crippen molar-refractivity contribution >= 4 is 17.9 Å². The van der Waals surface area contributed by atoms with E-state index >= 15 is 0 Å². The monoisotopic (exact) mass is 335 g/mol. The Morgan fingerprint density at radius 3 is 2.74 bits per heavy atom. The number of carbonyl (C=O) groups is 1. The van der Waals surface area contributed by atoms with Crippen LogP contribution < -0.4 is 11.4 Å². The Bertz CT molecular complexity index is 706. The van der Waals surface area contributed by atoms with Gasteiger partial charge in [-0.2, -0.15) is 4.98 Å². The van der Waals surface area contributed by atoms with Gasteiger partial charge in [0.25, 0.3) is 0 Å². The topological polar surface area (TPSA) is 128 Å². The highest BCUT2D eigenvalue weighted by molar-refractivity contribution is 5.86. The Hall–Kier alpha value is -2.40. The lowest BCUT2D eigenvalue weighted by Crippen LogP contribution is -2.39. The number of aliphatic hydroxyl groups is 1. The molecule has 0 bridgehead atoms. The quantitative estimate of drug-likeness (QED) is 0.649. The minimum atomic E-state index is -4.00. The van der Waals surface area contributed by atoms with Gasteiger partial charge >= 0.3 is 17.6 Å². The first kappa shape index (κ1) is 17.0. The Kier molecular flexibility index (Phi) is 4.43. The zero-order valence-corrected chi connectivity index (χ0v) is 11.4. The number of hydrogen-bond donors (Lipinski definition) is 3. The number of hydrogen-bond acceptors (Lipinski definition) is 6. The molecular formula is C12H12F3N3O5. The maximum absolute atomic E-state index is 13.9. The van der Waals surface area contributed by atoms with Crippen LogP contribution in [-0.4, -0.2) is 50.5 Å². The van der Waals surface area contributed by atoms with Crippen molar-refractivity contribution in [3.63, 3.8) is 0 Å². The summed E-state index contributed by atoms with van der Waals surface area (Å²) in [6.07, 6.45) is -4.55. The number of nitrogens with two attached hydrogens (primary N) is 1. The van der Waals surface area contributed by atoms with Crippen LogP contribution in [0.3, 0.4) is 0 Å². The fourth-order valence-electron chi connectivity index (χ4n) is 2.04. The van der Waals surface area contributed by atoms with E-state index in [1.165, 1.54) is 0 Å². The zero-order valence-electron chi connectivity index (χ0n) is 11.4. The van der Waals surface area contributed by atoms with Crippen molar-refractivity contribution in [1.82, 2.24) is 9.55 Å². The molecule has 0 aromatic carbocycles. The van der Waals surface area contributed by atoms with Crippen molar-refractivity contribution in [1.29, 1.82) is 0 Å². The van der Waals surface area contributed by atoms with Gasteiger partial charge in [-0.05, 0) is 6.08 Å². The maximum Gasteiger partial charge on any atom is 0.351 e. The van der Waals surface area contributed by atoms with E-state index in [9.17, 15) is 22.8 Å². The number of carboxylic acid groups (broad SMARTS) is 1. The van der Waals surface area contributed by atoms with Crippen LogP contribution in [0.1, 0.15) is 11.8 Å². The summed E-state index contributed by atoms with van der Waals surface area (Å²) in [6.45, 7) is -1.15. The molecule has 0 amide bonds. The molecular weight excluding hydrogens is 323 g/mol. The van der Waals surface area contributed by atoms with Gasteiger partial charge in [0.15, 0.2) is 6.23 Å². The molecule has 1 aromatic rings. The summed E-state index contributed by atoms with van der Waals surface area (Å²) in [7, 11) is 0. The summed E-state index contributed by atoms with van der Waals surface area (Å²) in [5, 5.41) is 17.4. The zero-order chi connectivity index (χ0) is 17.4. The number of carboxylic acids is 1. The lowest BCUT2D eigenvalue weighted by Gasteiger charge is -2.17. The SMILES string of the molecule is Nc1nc(=O)n(C2OC(CO)C(F)(F)C2F)cc1C=CC(=O)O. The average Bonchev–Trinajstić information content (AvgIpc) is 2.69. The van der Waals surface area contributed by atoms with Crippen molar-refractivity contribution in [3.8, 4) is 0 Å². The van der Waals surface area contributed by atoms with Crippen molar-refractivity contribution in [2.24, 2.45) is 0 Å². The predicted octanol–water partition coefficient (Wildman–Crippen LogP) is -0.214. The smallest absolute Gasteiger partial charge is 0.351 e. The molecule has 11 heteroatoms. The molecule has 1 aromatic heterocycles. The van der Waals surface area contributed by atoms with Crippen LogP contribution in [0.4, 0.5) is 19.0 Å². The largest absolute Gasteiger partial charge is 0.478 e. The fraction of sp³-hybridized carbons (Fsp3) is 0.417. The standard InChI is InChI=1S/C12H12F3N3O5/c13-8-10(23-6(4-19)12(8,14)15)18-3-5(1-2-7(20)21)9(16)17-11(18)22/h1-3,6,8,10,19H,4H2,(H,20,21)(H2,16,17,22). The van der Waals surface area contributed by atoms with Crippen LogP contribution in [0.25, 0.3) is 6.08 Å². The van der Waals surface area contributed by atoms with Crippen molar-refractivity contribution in [2.75, 3.05) is 12.3 Å². The highest BCUT2D eigenvalue weighted by atomic mass is 19.3. The minimum absolute atomic E-state index is 0.0986. The Morgan fingerprint density at radius 2 is 2.22 bits per heavy atom. The number of anilines is 1. The summed E-state index contributed by atoms with van der Waals surface area (Å²) < 4.78 is 46.2. The molecule has 23 heavy (non-hydrogen) atoms. The molecule has 1 fully saturated rings. The van der Waals surface area contributed by atoms with Gasteiger partial charge in [-0.25, -0.2) is 22.8 Å². The summed E-state index contributed by atoms with van der Waals surface area (Å²) in [5.74, 6) is -5.69. The van der Waals surface area contributed by atoms with E-state index in [2.05, 4.69) is 4.98 Å². The number of aromatic nitrogens is 2. The molecule has 2 heterocycles.